The number of nitrogens with one attached hydrogen (secondary N) is 1. The number of likely N-dealkylation sites (tertiary alicyclic amines) is 1. The van der Waals surface area contributed by atoms with Crippen LogP contribution in [0.4, 0.5) is 5.95 Å². The minimum absolute atomic E-state index is 0.155. The lowest BCUT2D eigenvalue weighted by atomic mass is 10.2. The van der Waals surface area contributed by atoms with Gasteiger partial charge in [-0.05, 0) is 45.8 Å². The Labute approximate surface area is 112 Å². The van der Waals surface area contributed by atoms with Crippen LogP contribution in [0.1, 0.15) is 35.3 Å². The van der Waals surface area contributed by atoms with Gasteiger partial charge in [-0.25, -0.2) is 14.8 Å². The summed E-state index contributed by atoms with van der Waals surface area (Å²) in [5.41, 5.74) is 0.646. The number of aromatic carboxylic acids is 1. The summed E-state index contributed by atoms with van der Waals surface area (Å²) in [6, 6.07) is 0. The summed E-state index contributed by atoms with van der Waals surface area (Å²) in [7, 11) is 0. The van der Waals surface area contributed by atoms with Crippen LogP contribution in [0.25, 0.3) is 0 Å². The number of nitrogens with zero attached hydrogens (tertiary/aromatic N) is 3. The first-order valence-corrected chi connectivity index (χ1v) is 6.70. The van der Waals surface area contributed by atoms with Gasteiger partial charge in [0.2, 0.25) is 5.95 Å². The molecule has 1 aromatic rings. The van der Waals surface area contributed by atoms with Gasteiger partial charge in [-0.3, -0.25) is 0 Å². The first-order valence-electron chi connectivity index (χ1n) is 6.70. The van der Waals surface area contributed by atoms with Gasteiger partial charge in [0.15, 0.2) is 0 Å². The maximum absolute atomic E-state index is 10.8. The Hall–Kier alpha value is -1.69. The molecule has 6 heteroatoms. The van der Waals surface area contributed by atoms with Crippen molar-refractivity contribution in [1.82, 2.24) is 14.9 Å². The van der Waals surface area contributed by atoms with Gasteiger partial charge in [0.1, 0.15) is 0 Å². The van der Waals surface area contributed by atoms with Gasteiger partial charge in [-0.2, -0.15) is 0 Å². The van der Waals surface area contributed by atoms with Gasteiger partial charge >= 0.3 is 5.97 Å². The third kappa shape index (κ3) is 3.89. The molecule has 0 bridgehead atoms. The van der Waals surface area contributed by atoms with E-state index in [4.69, 9.17) is 5.11 Å². The lowest BCUT2D eigenvalue weighted by Gasteiger charge is -2.14. The molecule has 0 unspecified atom stereocenters. The van der Waals surface area contributed by atoms with E-state index >= 15 is 0 Å². The summed E-state index contributed by atoms with van der Waals surface area (Å²) in [6.45, 7) is 6.01. The van der Waals surface area contributed by atoms with E-state index in [1.165, 1.54) is 32.1 Å². The Kier molecular flexibility index (Phi) is 4.68. The van der Waals surface area contributed by atoms with Gasteiger partial charge in [0, 0.05) is 12.7 Å². The highest BCUT2D eigenvalue weighted by Gasteiger charge is 2.11. The summed E-state index contributed by atoms with van der Waals surface area (Å²) < 4.78 is 0. The van der Waals surface area contributed by atoms with Crippen LogP contribution in [-0.4, -0.2) is 52.1 Å². The number of carboxylic acids is 1. The molecule has 0 atom stereocenters. The minimum Gasteiger partial charge on any atom is -0.478 e. The third-order valence-corrected chi connectivity index (χ3v) is 3.34. The fraction of sp³-hybridized carbons (Fsp3) is 0.615. The van der Waals surface area contributed by atoms with E-state index in [-0.39, 0.29) is 5.56 Å². The SMILES string of the molecule is Cc1nc(NCCCN2CCCC2)ncc1C(=O)O. The molecule has 1 aliphatic heterocycles. The molecule has 0 aliphatic carbocycles. The molecule has 0 saturated carbocycles. The quantitative estimate of drug-likeness (QED) is 0.756. The zero-order valence-electron chi connectivity index (χ0n) is 11.2. The van der Waals surface area contributed by atoms with Gasteiger partial charge in [-0.15, -0.1) is 0 Å². The Morgan fingerprint density at radius 3 is 2.84 bits per heavy atom. The van der Waals surface area contributed by atoms with Crippen molar-refractivity contribution >= 4 is 11.9 Å². The zero-order valence-corrected chi connectivity index (χ0v) is 11.2. The highest BCUT2D eigenvalue weighted by Crippen LogP contribution is 2.09. The number of anilines is 1. The minimum atomic E-state index is -0.988. The molecule has 1 saturated heterocycles. The van der Waals surface area contributed by atoms with E-state index in [0.29, 0.717) is 11.6 Å². The molecule has 0 aromatic carbocycles. The summed E-state index contributed by atoms with van der Waals surface area (Å²) >= 11 is 0. The van der Waals surface area contributed by atoms with Gasteiger partial charge in [0.05, 0.1) is 11.3 Å². The number of carboxylic acid groups (broad SMARTS) is 1. The van der Waals surface area contributed by atoms with Crippen LogP contribution in [-0.2, 0) is 0 Å². The Morgan fingerprint density at radius 1 is 1.47 bits per heavy atom. The number of carbonyl (C=O) groups is 1. The molecular formula is C13H20N4O2. The fourth-order valence-corrected chi connectivity index (χ4v) is 2.27. The Morgan fingerprint density at radius 2 is 2.21 bits per heavy atom. The fourth-order valence-electron chi connectivity index (χ4n) is 2.27. The van der Waals surface area contributed by atoms with E-state index in [1.54, 1.807) is 6.92 Å². The molecule has 1 aromatic heterocycles. The summed E-state index contributed by atoms with van der Waals surface area (Å²) in [6.07, 6.45) is 5.02. The molecule has 0 radical (unpaired) electrons. The van der Waals surface area contributed by atoms with Crippen LogP contribution in [0.3, 0.4) is 0 Å². The third-order valence-electron chi connectivity index (χ3n) is 3.34. The van der Waals surface area contributed by atoms with Crippen molar-refractivity contribution < 1.29 is 9.90 Å². The van der Waals surface area contributed by atoms with Crippen molar-refractivity contribution in [2.75, 3.05) is 31.5 Å². The lowest BCUT2D eigenvalue weighted by molar-refractivity contribution is 0.0695. The van der Waals surface area contributed by atoms with Gasteiger partial charge < -0.3 is 15.3 Å². The highest BCUT2D eigenvalue weighted by molar-refractivity contribution is 5.88. The zero-order chi connectivity index (χ0) is 13.7. The number of hydrogen-bond acceptors (Lipinski definition) is 5. The topological polar surface area (TPSA) is 78.4 Å². The van der Waals surface area contributed by atoms with Crippen molar-refractivity contribution in [1.29, 1.82) is 0 Å². The molecule has 2 heterocycles. The van der Waals surface area contributed by atoms with Crippen LogP contribution in [0.15, 0.2) is 6.20 Å². The summed E-state index contributed by atoms with van der Waals surface area (Å²) in [5, 5.41) is 12.0. The first kappa shape index (κ1) is 13.7. The molecule has 1 aliphatic rings. The van der Waals surface area contributed by atoms with E-state index < -0.39 is 5.97 Å². The Bertz CT molecular complexity index is 444. The maximum Gasteiger partial charge on any atom is 0.339 e. The number of aromatic nitrogens is 2. The Balaban J connectivity index is 1.76. The molecular weight excluding hydrogens is 244 g/mol. The van der Waals surface area contributed by atoms with Crippen molar-refractivity contribution in [3.63, 3.8) is 0 Å². The van der Waals surface area contributed by atoms with Crippen molar-refractivity contribution in [3.8, 4) is 0 Å². The summed E-state index contributed by atoms with van der Waals surface area (Å²) in [4.78, 5) is 21.5. The van der Waals surface area contributed by atoms with Crippen LogP contribution in [0, 0.1) is 6.92 Å². The van der Waals surface area contributed by atoms with Crippen molar-refractivity contribution in [3.05, 3.63) is 17.5 Å². The molecule has 2 N–H and O–H groups in total. The normalized spacial score (nSPS) is 15.6. The highest BCUT2D eigenvalue weighted by atomic mass is 16.4. The average molecular weight is 264 g/mol. The van der Waals surface area contributed by atoms with Crippen molar-refractivity contribution in [2.24, 2.45) is 0 Å². The van der Waals surface area contributed by atoms with Crippen LogP contribution >= 0.6 is 0 Å². The van der Waals surface area contributed by atoms with Crippen molar-refractivity contribution in [2.45, 2.75) is 26.2 Å². The van der Waals surface area contributed by atoms with Gasteiger partial charge in [-0.1, -0.05) is 0 Å². The second-order valence-corrected chi connectivity index (χ2v) is 4.83. The molecule has 0 spiro atoms. The number of rotatable bonds is 6. The van der Waals surface area contributed by atoms with Gasteiger partial charge in [0.25, 0.3) is 0 Å². The molecule has 19 heavy (non-hydrogen) atoms. The monoisotopic (exact) mass is 264 g/mol. The number of aryl methyl sites for hydroxylation is 1. The van der Waals surface area contributed by atoms with Crippen LogP contribution in [0.2, 0.25) is 0 Å². The predicted octanol–water partition coefficient (Wildman–Crippen LogP) is 1.38. The maximum atomic E-state index is 10.8. The largest absolute Gasteiger partial charge is 0.478 e. The van der Waals surface area contributed by atoms with Crippen LogP contribution in [0.5, 0.6) is 0 Å². The molecule has 2 rings (SSSR count). The van der Waals surface area contributed by atoms with Crippen LogP contribution < -0.4 is 5.32 Å². The molecule has 104 valence electrons. The second kappa shape index (κ2) is 6.47. The predicted molar refractivity (Wildman–Crippen MR) is 72.5 cm³/mol. The second-order valence-electron chi connectivity index (χ2n) is 4.83. The first-order chi connectivity index (χ1) is 9.16. The van der Waals surface area contributed by atoms with E-state index in [9.17, 15) is 4.79 Å². The molecule has 1 fully saturated rings. The van der Waals surface area contributed by atoms with E-state index in [1.807, 2.05) is 0 Å². The summed E-state index contributed by atoms with van der Waals surface area (Å²) in [5.74, 6) is -0.484. The molecule has 0 amide bonds. The van der Waals surface area contributed by atoms with E-state index in [0.717, 1.165) is 19.5 Å². The van der Waals surface area contributed by atoms with E-state index in [2.05, 4.69) is 20.2 Å². The average Bonchev–Trinajstić information content (AvgIpc) is 2.87. The lowest BCUT2D eigenvalue weighted by Crippen LogP contribution is -2.22. The number of hydrogen-bond donors (Lipinski definition) is 2. The molecule has 6 nitrogen and oxygen atoms in total. The smallest absolute Gasteiger partial charge is 0.339 e. The standard InChI is InChI=1S/C13H20N4O2/c1-10-11(12(18)19)9-15-13(16-10)14-5-4-8-17-6-2-3-7-17/h9H,2-8H2,1H3,(H,18,19)(H,14,15,16).